The van der Waals surface area contributed by atoms with Crippen LogP contribution in [0.1, 0.15) is 74.6 Å². The molecule has 0 aromatic heterocycles. The Bertz CT molecular complexity index is 2290. The van der Waals surface area contributed by atoms with E-state index in [4.69, 9.17) is 44.8 Å². The molecule has 21 nitrogen and oxygen atoms in total. The highest BCUT2D eigenvalue weighted by atomic mass is 35.5. The van der Waals surface area contributed by atoms with E-state index >= 15 is 4.79 Å². The van der Waals surface area contributed by atoms with Crippen LogP contribution in [-0.2, 0) is 40.0 Å². The Labute approximate surface area is 429 Å². The molecule has 3 aromatic carbocycles. The average Bonchev–Trinajstić information content (AvgIpc) is 3.82. The molecular weight excluding hydrogens is 981 g/mol. The van der Waals surface area contributed by atoms with Gasteiger partial charge < -0.3 is 52.6 Å². The van der Waals surface area contributed by atoms with Crippen LogP contribution in [-0.4, -0.2) is 148 Å². The fourth-order valence-corrected chi connectivity index (χ4v) is 10.2. The van der Waals surface area contributed by atoms with Gasteiger partial charge in [-0.05, 0) is 98.0 Å². The number of likely N-dealkylation sites (tertiary alicyclic amines) is 2. The van der Waals surface area contributed by atoms with Gasteiger partial charge in [0.25, 0.3) is 10.2 Å². The number of carbonyl (C=O) groups is 3. The summed E-state index contributed by atoms with van der Waals surface area (Å²) in [6.07, 6.45) is 0.887. The fraction of sp³-hybridized carbons (Fsp3) is 0.580. The topological polar surface area (TPSA) is 230 Å². The molecule has 0 bridgehead atoms. The molecule has 1 aliphatic carbocycles. The molecule has 5 unspecified atom stereocenters. The van der Waals surface area contributed by atoms with Gasteiger partial charge in [-0.2, -0.15) is 0 Å². The van der Waals surface area contributed by atoms with Crippen LogP contribution in [0.2, 0.25) is 5.02 Å². The largest absolute Gasteiger partial charge is 0.496 e. The van der Waals surface area contributed by atoms with Crippen molar-refractivity contribution in [1.29, 1.82) is 0 Å². The second-order valence-corrected chi connectivity index (χ2v) is 17.9. The predicted octanol–water partition coefficient (Wildman–Crippen LogP) is 7.99. The molecule has 2 aliphatic heterocycles. The second-order valence-electron chi connectivity index (χ2n) is 17.5. The van der Waals surface area contributed by atoms with Gasteiger partial charge in [0, 0.05) is 31.6 Å². The standard InChI is InChI=1S/C48H61ClFN5O16.C2H6/c1-5-14-51(29-34-8-13-40(63-4)33(3)27-34)45(56)42-37(35-9-11-36(12-10-35)66-15-6-7-16-67-43-38(49)25-32(2)26-39(43)50)28-48-31-52(46(57)68-21-17-64-19-23-70-54(59)60)30-41(48)53(44(42)48)47(58)69-22-18-65-20-24-71-55(61)62;1-2/h8-13,25-27,37,41-42,44H,5-7,14-24,28-31H2,1-4H3;1-2H3. The molecule has 5 atom stereocenters. The molecule has 3 aliphatic rings. The smallest absolute Gasteiger partial charge is 0.410 e. The average molecular weight is 1050 g/mol. The molecule has 402 valence electrons. The van der Waals surface area contributed by atoms with Crippen molar-refractivity contribution in [3.8, 4) is 17.2 Å². The van der Waals surface area contributed by atoms with E-state index in [0.29, 0.717) is 55.9 Å². The predicted molar refractivity (Wildman–Crippen MR) is 262 cm³/mol. The van der Waals surface area contributed by atoms with E-state index in [0.717, 1.165) is 16.7 Å². The summed E-state index contributed by atoms with van der Waals surface area (Å²) in [7, 11) is 1.60. The number of rotatable bonds is 28. The maximum atomic E-state index is 15.4. The van der Waals surface area contributed by atoms with Crippen molar-refractivity contribution in [1.82, 2.24) is 14.7 Å². The minimum atomic E-state index is -0.934. The van der Waals surface area contributed by atoms with Crippen LogP contribution < -0.4 is 14.2 Å². The monoisotopic (exact) mass is 1050 g/mol. The summed E-state index contributed by atoms with van der Waals surface area (Å²) in [6, 6.07) is 15.0. The lowest BCUT2D eigenvalue weighted by atomic mass is 9.67. The number of unbranched alkanes of at least 4 members (excludes halogenated alkanes) is 1. The van der Waals surface area contributed by atoms with Crippen LogP contribution in [0.15, 0.2) is 54.6 Å². The number of nitrogens with zero attached hydrogens (tertiary/aromatic N) is 5. The van der Waals surface area contributed by atoms with Crippen molar-refractivity contribution in [2.24, 2.45) is 11.3 Å². The number of methoxy groups -OCH3 is 1. The highest BCUT2D eigenvalue weighted by Crippen LogP contribution is 2.65. The van der Waals surface area contributed by atoms with Crippen LogP contribution >= 0.6 is 11.6 Å². The van der Waals surface area contributed by atoms with Gasteiger partial charge in [0.1, 0.15) is 37.9 Å². The van der Waals surface area contributed by atoms with E-state index in [-0.39, 0.29) is 95.8 Å². The maximum absolute atomic E-state index is 15.4. The third kappa shape index (κ3) is 15.1. The molecule has 2 saturated heterocycles. The molecule has 1 saturated carbocycles. The minimum absolute atomic E-state index is 0.0167. The zero-order chi connectivity index (χ0) is 53.1. The number of carbonyl (C=O) groups excluding carboxylic acids is 3. The number of amides is 3. The van der Waals surface area contributed by atoms with Crippen molar-refractivity contribution < 1.29 is 71.8 Å². The van der Waals surface area contributed by atoms with Crippen molar-refractivity contribution >= 4 is 29.7 Å². The fourth-order valence-electron chi connectivity index (χ4n) is 9.88. The zero-order valence-corrected chi connectivity index (χ0v) is 43.0. The molecule has 73 heavy (non-hydrogen) atoms. The molecule has 3 fully saturated rings. The van der Waals surface area contributed by atoms with Gasteiger partial charge in [-0.25, -0.2) is 14.0 Å². The number of hydrogen-bond donors (Lipinski definition) is 0. The van der Waals surface area contributed by atoms with E-state index < -0.39 is 57.5 Å². The Morgan fingerprint density at radius 3 is 2.03 bits per heavy atom. The normalized spacial score (nSPS) is 19.3. The van der Waals surface area contributed by atoms with E-state index in [1.807, 2.05) is 75.1 Å². The molecule has 0 N–H and O–H groups in total. The van der Waals surface area contributed by atoms with E-state index in [1.54, 1.807) is 25.0 Å². The van der Waals surface area contributed by atoms with Gasteiger partial charge in [0.15, 0.2) is 11.6 Å². The van der Waals surface area contributed by atoms with E-state index in [9.17, 15) is 34.2 Å². The number of benzene rings is 3. The summed E-state index contributed by atoms with van der Waals surface area (Å²) in [5, 5.41) is 19.3. The summed E-state index contributed by atoms with van der Waals surface area (Å²) >= 11 is 6.18. The van der Waals surface area contributed by atoms with Crippen molar-refractivity contribution in [3.05, 3.63) is 108 Å². The van der Waals surface area contributed by atoms with Crippen LogP contribution in [0.5, 0.6) is 17.2 Å². The third-order valence-electron chi connectivity index (χ3n) is 12.8. The third-order valence-corrected chi connectivity index (χ3v) is 13.1. The van der Waals surface area contributed by atoms with Gasteiger partial charge in [-0.1, -0.05) is 56.6 Å². The first kappa shape index (κ1) is 57.5. The number of aryl methyl sites for hydroxylation is 2. The first-order valence-corrected chi connectivity index (χ1v) is 24.9. The lowest BCUT2D eigenvalue weighted by Crippen LogP contribution is -2.73. The first-order chi connectivity index (χ1) is 35.2. The Balaban J connectivity index is 0.00000488. The van der Waals surface area contributed by atoms with Crippen LogP contribution in [0.25, 0.3) is 0 Å². The van der Waals surface area contributed by atoms with Crippen molar-refractivity contribution in [3.63, 3.8) is 0 Å². The van der Waals surface area contributed by atoms with Gasteiger partial charge in [0.05, 0.1) is 69.8 Å². The number of halogens is 2. The minimum Gasteiger partial charge on any atom is -0.496 e. The number of ether oxygens (including phenoxy) is 7. The molecule has 6 rings (SSSR count). The van der Waals surface area contributed by atoms with Crippen molar-refractivity contribution in [2.75, 3.05) is 92.8 Å². The summed E-state index contributed by atoms with van der Waals surface area (Å²) in [5.74, 6) is -0.593. The molecule has 3 amide bonds. The van der Waals surface area contributed by atoms with Gasteiger partial charge in [-0.15, -0.1) is 20.2 Å². The second kappa shape index (κ2) is 28.2. The van der Waals surface area contributed by atoms with Gasteiger partial charge >= 0.3 is 12.2 Å². The molecule has 2 heterocycles. The Morgan fingerprint density at radius 2 is 1.44 bits per heavy atom. The highest BCUT2D eigenvalue weighted by Gasteiger charge is 2.75. The summed E-state index contributed by atoms with van der Waals surface area (Å²) < 4.78 is 53.5. The van der Waals surface area contributed by atoms with E-state index in [1.165, 1.54) is 11.0 Å². The molecule has 3 aromatic rings. The SMILES string of the molecule is CC.CCCN(Cc1ccc(OC)c(C)c1)C(=O)C1C(c2ccc(OCCCCOc3c(F)cc(C)cc3Cl)cc2)CC23CN(C(=O)OCCOCCO[N+](=O)[O-])CC2N(C(=O)OCCOCCO[N+](=O)[O-])C13. The Morgan fingerprint density at radius 1 is 0.822 bits per heavy atom. The van der Waals surface area contributed by atoms with E-state index in [2.05, 4.69) is 9.68 Å². The molecule has 0 radical (unpaired) electrons. The van der Waals surface area contributed by atoms with Gasteiger partial charge in [-0.3, -0.25) is 9.69 Å². The lowest BCUT2D eigenvalue weighted by Gasteiger charge is -2.57. The zero-order valence-electron chi connectivity index (χ0n) is 42.3. The summed E-state index contributed by atoms with van der Waals surface area (Å²) in [5.41, 5.74) is 2.57. The Hall–Kier alpha value is -6.39. The highest BCUT2D eigenvalue weighted by molar-refractivity contribution is 6.32. The van der Waals surface area contributed by atoms with Crippen LogP contribution in [0, 0.1) is 51.2 Å². The maximum Gasteiger partial charge on any atom is 0.410 e. The molecular formula is C50H67ClFN5O16. The van der Waals surface area contributed by atoms with Crippen LogP contribution in [0.4, 0.5) is 14.0 Å². The first-order valence-electron chi connectivity index (χ1n) is 24.5. The summed E-state index contributed by atoms with van der Waals surface area (Å²) in [6.45, 7) is 9.92. The summed E-state index contributed by atoms with van der Waals surface area (Å²) in [4.78, 5) is 77.8. The Kier molecular flexibility index (Phi) is 22.2. The number of hydrogen-bond acceptors (Lipinski definition) is 16. The molecule has 23 heteroatoms. The quantitative estimate of drug-likeness (QED) is 0.0381. The van der Waals surface area contributed by atoms with Crippen LogP contribution in [0.3, 0.4) is 0 Å². The lowest BCUT2D eigenvalue weighted by molar-refractivity contribution is -0.758. The molecule has 1 spiro atoms. The van der Waals surface area contributed by atoms with Gasteiger partial charge in [0.2, 0.25) is 5.91 Å². The van der Waals surface area contributed by atoms with Crippen molar-refractivity contribution in [2.45, 2.75) is 84.8 Å².